The number of alkyl halides is 3. The van der Waals surface area contributed by atoms with Crippen molar-refractivity contribution in [2.24, 2.45) is 0 Å². The van der Waals surface area contributed by atoms with Gasteiger partial charge in [0.25, 0.3) is 0 Å². The number of thiocarbonyl (C=S) groups is 1. The van der Waals surface area contributed by atoms with Gasteiger partial charge >= 0.3 is 0 Å². The van der Waals surface area contributed by atoms with E-state index >= 15 is 0 Å². The van der Waals surface area contributed by atoms with Gasteiger partial charge in [-0.05, 0) is 41.7 Å². The summed E-state index contributed by atoms with van der Waals surface area (Å²) in [6.07, 6.45) is 0.863. The van der Waals surface area contributed by atoms with Gasteiger partial charge in [-0.25, -0.2) is 0 Å². The molecule has 0 heterocycles. The Bertz CT molecular complexity index is 819. The Morgan fingerprint density at radius 3 is 2.07 bits per heavy atom. The molecule has 8 heteroatoms. The van der Waals surface area contributed by atoms with Crippen LogP contribution >= 0.6 is 47.0 Å². The standard InChI is InChI=1S/C21H24Cl3N3OS/c1-3-15-11-8-12-16(4-2)18(15)26-20(29)27-19(21(22,23)24)25-17(28)13-14-9-6-5-7-10-14/h5-12,19H,3-4,13H2,1-2H3,(H,25,28)(H2,26,27,29). The van der Waals surface area contributed by atoms with Gasteiger partial charge in [-0.15, -0.1) is 0 Å². The normalized spacial score (nSPS) is 12.2. The maximum atomic E-state index is 12.4. The summed E-state index contributed by atoms with van der Waals surface area (Å²) in [5, 5.41) is 9.08. The van der Waals surface area contributed by atoms with E-state index in [4.69, 9.17) is 47.0 Å². The lowest BCUT2D eigenvalue weighted by Crippen LogP contribution is -2.56. The summed E-state index contributed by atoms with van der Waals surface area (Å²) >= 11 is 23.7. The van der Waals surface area contributed by atoms with E-state index < -0.39 is 9.96 Å². The van der Waals surface area contributed by atoms with E-state index in [2.05, 4.69) is 29.8 Å². The molecule has 0 aliphatic carbocycles. The molecule has 0 spiro atoms. The third-order valence-corrected chi connectivity index (χ3v) is 5.23. The number of hydrogen-bond acceptors (Lipinski definition) is 2. The smallest absolute Gasteiger partial charge is 0.228 e. The van der Waals surface area contributed by atoms with Crippen LogP contribution < -0.4 is 16.0 Å². The average molecular weight is 473 g/mol. The molecule has 0 aliphatic rings. The van der Waals surface area contributed by atoms with Crippen LogP contribution in [-0.4, -0.2) is 21.0 Å². The fraction of sp³-hybridized carbons (Fsp3) is 0.333. The predicted octanol–water partition coefficient (Wildman–Crippen LogP) is 5.15. The first-order valence-electron chi connectivity index (χ1n) is 9.32. The summed E-state index contributed by atoms with van der Waals surface area (Å²) in [5.74, 6) is -0.286. The SMILES string of the molecule is CCc1cccc(CC)c1NC(=S)NC(NC(=O)Cc1ccccc1)C(Cl)(Cl)Cl. The number of aryl methyl sites for hydroxylation is 2. The van der Waals surface area contributed by atoms with E-state index in [0.29, 0.717) is 0 Å². The second kappa shape index (κ2) is 11.0. The van der Waals surface area contributed by atoms with Gasteiger partial charge in [0.05, 0.1) is 6.42 Å². The minimum absolute atomic E-state index is 0.165. The number of halogens is 3. The predicted molar refractivity (Wildman–Crippen MR) is 127 cm³/mol. The molecule has 1 unspecified atom stereocenters. The molecule has 0 bridgehead atoms. The third-order valence-electron chi connectivity index (χ3n) is 4.35. The molecule has 2 aromatic rings. The number of carbonyl (C=O) groups is 1. The number of amides is 1. The second-order valence-electron chi connectivity index (χ2n) is 6.46. The lowest BCUT2D eigenvalue weighted by Gasteiger charge is -2.28. The highest BCUT2D eigenvalue weighted by atomic mass is 35.6. The largest absolute Gasteiger partial charge is 0.339 e. The van der Waals surface area contributed by atoms with E-state index in [1.807, 2.05) is 48.5 Å². The van der Waals surface area contributed by atoms with Gasteiger partial charge in [-0.1, -0.05) is 97.2 Å². The highest BCUT2D eigenvalue weighted by molar-refractivity contribution is 7.80. The van der Waals surface area contributed by atoms with Crippen molar-refractivity contribution in [3.05, 3.63) is 65.2 Å². The van der Waals surface area contributed by atoms with Crippen molar-refractivity contribution in [2.45, 2.75) is 43.1 Å². The highest BCUT2D eigenvalue weighted by Crippen LogP contribution is 2.29. The molecule has 1 atom stereocenters. The number of benzene rings is 2. The Labute approximate surface area is 192 Å². The summed E-state index contributed by atoms with van der Waals surface area (Å²) in [6, 6.07) is 15.4. The Morgan fingerprint density at radius 1 is 0.966 bits per heavy atom. The fourth-order valence-corrected chi connectivity index (χ4v) is 3.42. The van der Waals surface area contributed by atoms with Crippen molar-refractivity contribution < 1.29 is 4.79 Å². The van der Waals surface area contributed by atoms with Crippen LogP contribution in [0.1, 0.15) is 30.5 Å². The lowest BCUT2D eigenvalue weighted by atomic mass is 10.0. The van der Waals surface area contributed by atoms with E-state index in [1.165, 1.54) is 0 Å². The van der Waals surface area contributed by atoms with Crippen LogP contribution in [0.15, 0.2) is 48.5 Å². The number of anilines is 1. The van der Waals surface area contributed by atoms with Gasteiger partial charge < -0.3 is 16.0 Å². The first-order valence-corrected chi connectivity index (χ1v) is 10.9. The molecular weight excluding hydrogens is 449 g/mol. The van der Waals surface area contributed by atoms with Crippen LogP contribution in [0.25, 0.3) is 0 Å². The van der Waals surface area contributed by atoms with E-state index in [1.54, 1.807) is 0 Å². The fourth-order valence-electron chi connectivity index (χ4n) is 2.88. The van der Waals surface area contributed by atoms with E-state index in [9.17, 15) is 4.79 Å². The zero-order valence-corrected chi connectivity index (χ0v) is 19.4. The molecule has 0 aliphatic heterocycles. The van der Waals surface area contributed by atoms with Crippen molar-refractivity contribution in [1.29, 1.82) is 0 Å². The van der Waals surface area contributed by atoms with E-state index in [-0.39, 0.29) is 17.4 Å². The maximum absolute atomic E-state index is 12.4. The molecule has 1 amide bonds. The highest BCUT2D eigenvalue weighted by Gasteiger charge is 2.34. The molecule has 0 fully saturated rings. The number of nitrogens with one attached hydrogen (secondary N) is 3. The molecule has 29 heavy (non-hydrogen) atoms. The molecule has 0 aromatic heterocycles. The zero-order chi connectivity index (χ0) is 21.4. The number of hydrogen-bond donors (Lipinski definition) is 3. The van der Waals surface area contributed by atoms with Crippen LogP contribution in [-0.2, 0) is 24.1 Å². The average Bonchev–Trinajstić information content (AvgIpc) is 2.67. The third kappa shape index (κ3) is 7.34. The van der Waals surface area contributed by atoms with Crippen LogP contribution in [0.2, 0.25) is 0 Å². The van der Waals surface area contributed by atoms with Crippen LogP contribution in [0.3, 0.4) is 0 Å². The van der Waals surface area contributed by atoms with Crippen molar-refractivity contribution in [1.82, 2.24) is 10.6 Å². The first kappa shape index (κ1) is 23.7. The first-order chi connectivity index (χ1) is 13.7. The van der Waals surface area contributed by atoms with Crippen molar-refractivity contribution >= 4 is 63.7 Å². The molecule has 3 N–H and O–H groups in total. The topological polar surface area (TPSA) is 53.2 Å². The van der Waals surface area contributed by atoms with Gasteiger partial charge in [-0.3, -0.25) is 4.79 Å². The molecule has 4 nitrogen and oxygen atoms in total. The van der Waals surface area contributed by atoms with Gasteiger partial charge in [0.2, 0.25) is 9.70 Å². The minimum Gasteiger partial charge on any atom is -0.339 e. The summed E-state index contributed by atoms with van der Waals surface area (Å²) in [5.41, 5.74) is 4.06. The van der Waals surface area contributed by atoms with Gasteiger partial charge in [-0.2, -0.15) is 0 Å². The Morgan fingerprint density at radius 2 is 1.55 bits per heavy atom. The summed E-state index contributed by atoms with van der Waals surface area (Å²) in [4.78, 5) is 12.4. The summed E-state index contributed by atoms with van der Waals surface area (Å²) in [7, 11) is 0. The molecule has 2 rings (SSSR count). The van der Waals surface area contributed by atoms with Crippen LogP contribution in [0.4, 0.5) is 5.69 Å². The molecule has 0 saturated heterocycles. The van der Waals surface area contributed by atoms with Gasteiger partial charge in [0.15, 0.2) is 5.11 Å². The summed E-state index contributed by atoms with van der Waals surface area (Å²) < 4.78 is -1.80. The minimum atomic E-state index is -1.80. The molecule has 156 valence electrons. The Kier molecular flexibility index (Phi) is 9.03. The summed E-state index contributed by atoms with van der Waals surface area (Å²) in [6.45, 7) is 4.15. The molecule has 2 aromatic carbocycles. The zero-order valence-electron chi connectivity index (χ0n) is 16.3. The number of para-hydroxylation sites is 1. The Balaban J connectivity index is 2.09. The number of rotatable bonds is 7. The molecular formula is C21H24Cl3N3OS. The van der Waals surface area contributed by atoms with Crippen molar-refractivity contribution in [3.63, 3.8) is 0 Å². The van der Waals surface area contributed by atoms with Crippen LogP contribution in [0, 0.1) is 0 Å². The van der Waals surface area contributed by atoms with Crippen molar-refractivity contribution in [3.8, 4) is 0 Å². The quantitative estimate of drug-likeness (QED) is 0.296. The molecule has 0 saturated carbocycles. The molecule has 0 radical (unpaired) electrons. The van der Waals surface area contributed by atoms with Gasteiger partial charge in [0.1, 0.15) is 6.17 Å². The lowest BCUT2D eigenvalue weighted by molar-refractivity contribution is -0.121. The monoisotopic (exact) mass is 471 g/mol. The van der Waals surface area contributed by atoms with Crippen LogP contribution in [0.5, 0.6) is 0 Å². The van der Waals surface area contributed by atoms with E-state index in [0.717, 1.165) is 35.2 Å². The number of carbonyl (C=O) groups excluding carboxylic acids is 1. The second-order valence-corrected chi connectivity index (χ2v) is 9.24. The van der Waals surface area contributed by atoms with Crippen molar-refractivity contribution in [2.75, 3.05) is 5.32 Å². The maximum Gasteiger partial charge on any atom is 0.228 e. The Hall–Kier alpha value is -1.53. The van der Waals surface area contributed by atoms with Gasteiger partial charge in [0, 0.05) is 5.69 Å².